The molecule has 0 fully saturated rings. The van der Waals surface area contributed by atoms with Gasteiger partial charge in [-0.25, -0.2) is 0 Å². The van der Waals surface area contributed by atoms with E-state index in [1.807, 2.05) is 85.7 Å². The molecule has 43 heavy (non-hydrogen) atoms. The second-order valence-electron chi connectivity index (χ2n) is 13.6. The van der Waals surface area contributed by atoms with Crippen LogP contribution in [0.15, 0.2) is 30.3 Å². The Hall–Kier alpha value is -2.94. The van der Waals surface area contributed by atoms with Crippen LogP contribution in [-0.2, 0) is 25.6 Å². The SMILES string of the molecule is CC(C)C[C@@H](N)C(=O)N[C@@H](CC(C)C)C(=O)N(C)[C@@H](CC(C)C)C(=O)N(C)[C@@H](CC(C)C)C(=O)NCCc1ccccc1. The molecule has 0 heterocycles. The van der Waals surface area contributed by atoms with Crippen LogP contribution < -0.4 is 16.4 Å². The lowest BCUT2D eigenvalue weighted by molar-refractivity contribution is -0.149. The van der Waals surface area contributed by atoms with Gasteiger partial charge in [0, 0.05) is 20.6 Å². The number of nitrogens with two attached hydrogens (primary N) is 1. The van der Waals surface area contributed by atoms with Crippen LogP contribution in [0.25, 0.3) is 0 Å². The number of nitrogens with one attached hydrogen (secondary N) is 2. The van der Waals surface area contributed by atoms with E-state index < -0.39 is 24.2 Å². The first kappa shape index (κ1) is 38.1. The molecule has 9 heteroatoms. The van der Waals surface area contributed by atoms with Gasteiger partial charge in [0.25, 0.3) is 0 Å². The van der Waals surface area contributed by atoms with Gasteiger partial charge in [0.2, 0.25) is 23.6 Å². The van der Waals surface area contributed by atoms with E-state index in [9.17, 15) is 19.2 Å². The Morgan fingerprint density at radius 3 is 1.67 bits per heavy atom. The zero-order valence-corrected chi connectivity index (χ0v) is 28.4. The van der Waals surface area contributed by atoms with Crippen LogP contribution in [-0.4, -0.2) is 78.2 Å². The Labute approximate surface area is 260 Å². The van der Waals surface area contributed by atoms with Crippen molar-refractivity contribution in [3.63, 3.8) is 0 Å². The molecule has 0 aromatic heterocycles. The molecule has 0 aliphatic heterocycles. The quantitative estimate of drug-likeness (QED) is 0.235. The molecule has 4 atom stereocenters. The molecule has 0 aliphatic carbocycles. The topological polar surface area (TPSA) is 125 Å². The number of likely N-dealkylation sites (N-methyl/N-ethyl adjacent to an activating group) is 2. The molecule has 0 bridgehead atoms. The molecule has 244 valence electrons. The van der Waals surface area contributed by atoms with E-state index in [0.29, 0.717) is 38.6 Å². The number of amides is 4. The van der Waals surface area contributed by atoms with Crippen LogP contribution in [0, 0.1) is 23.7 Å². The van der Waals surface area contributed by atoms with E-state index in [4.69, 9.17) is 5.73 Å². The van der Waals surface area contributed by atoms with E-state index in [1.54, 1.807) is 14.1 Å². The second-order valence-corrected chi connectivity index (χ2v) is 13.6. The third-order valence-electron chi connectivity index (χ3n) is 7.55. The predicted octanol–water partition coefficient (Wildman–Crippen LogP) is 4.00. The van der Waals surface area contributed by atoms with Gasteiger partial charge in [0.05, 0.1) is 6.04 Å². The van der Waals surface area contributed by atoms with Crippen molar-refractivity contribution in [1.29, 1.82) is 0 Å². The molecule has 0 saturated carbocycles. The Bertz CT molecular complexity index is 1010. The number of benzene rings is 1. The van der Waals surface area contributed by atoms with E-state index in [2.05, 4.69) is 10.6 Å². The standard InChI is InChI=1S/C34H59N5O4/c1-22(2)18-27(35)31(40)37-28(19-23(3)4)33(42)39(10)30(21-25(7)8)34(43)38(9)29(20-24(5)6)32(41)36-17-16-26-14-12-11-13-15-26/h11-15,22-25,27-30H,16-21,35H2,1-10H3,(H,36,41)(H,37,40)/t27-,28+,29+,30+/m1/s1. The van der Waals surface area contributed by atoms with Gasteiger partial charge in [-0.1, -0.05) is 85.7 Å². The highest BCUT2D eigenvalue weighted by atomic mass is 16.2. The minimum absolute atomic E-state index is 0.110. The number of carbonyl (C=O) groups excluding carboxylic acids is 4. The van der Waals surface area contributed by atoms with Crippen molar-refractivity contribution in [2.75, 3.05) is 20.6 Å². The monoisotopic (exact) mass is 601 g/mol. The molecule has 0 radical (unpaired) electrons. The number of hydrogen-bond donors (Lipinski definition) is 3. The van der Waals surface area contributed by atoms with Crippen LogP contribution in [0.1, 0.15) is 86.6 Å². The Balaban J connectivity index is 3.18. The summed E-state index contributed by atoms with van der Waals surface area (Å²) in [4.78, 5) is 57.3. The van der Waals surface area contributed by atoms with E-state index in [0.717, 1.165) is 5.56 Å². The summed E-state index contributed by atoms with van der Waals surface area (Å²) >= 11 is 0. The maximum atomic E-state index is 14.1. The normalized spacial score (nSPS) is 14.4. The molecule has 4 amide bonds. The van der Waals surface area contributed by atoms with Crippen LogP contribution >= 0.6 is 0 Å². The predicted molar refractivity (Wildman–Crippen MR) is 174 cm³/mol. The van der Waals surface area contributed by atoms with Crippen LogP contribution in [0.3, 0.4) is 0 Å². The van der Waals surface area contributed by atoms with Crippen molar-refractivity contribution in [3.05, 3.63) is 35.9 Å². The highest BCUT2D eigenvalue weighted by molar-refractivity contribution is 5.94. The number of nitrogens with zero attached hydrogens (tertiary/aromatic N) is 2. The fourth-order valence-corrected chi connectivity index (χ4v) is 5.23. The van der Waals surface area contributed by atoms with Crippen LogP contribution in [0.5, 0.6) is 0 Å². The number of rotatable bonds is 18. The Morgan fingerprint density at radius 2 is 1.16 bits per heavy atom. The zero-order valence-electron chi connectivity index (χ0n) is 28.4. The van der Waals surface area contributed by atoms with Gasteiger partial charge in [-0.05, 0) is 61.3 Å². The van der Waals surface area contributed by atoms with Crippen molar-refractivity contribution in [2.45, 2.75) is 112 Å². The molecule has 1 aromatic rings. The molecule has 4 N–H and O–H groups in total. The zero-order chi connectivity index (χ0) is 32.9. The van der Waals surface area contributed by atoms with Gasteiger partial charge in [-0.2, -0.15) is 0 Å². The van der Waals surface area contributed by atoms with Crippen molar-refractivity contribution >= 4 is 23.6 Å². The maximum absolute atomic E-state index is 14.1. The summed E-state index contributed by atoms with van der Waals surface area (Å²) in [5, 5.41) is 5.89. The minimum atomic E-state index is -0.809. The maximum Gasteiger partial charge on any atom is 0.245 e. The van der Waals surface area contributed by atoms with Crippen LogP contribution in [0.2, 0.25) is 0 Å². The van der Waals surface area contributed by atoms with Crippen molar-refractivity contribution < 1.29 is 19.2 Å². The molecule has 0 unspecified atom stereocenters. The summed E-state index contributed by atoms with van der Waals surface area (Å²) in [6, 6.07) is 6.93. The minimum Gasteiger partial charge on any atom is -0.354 e. The second kappa shape index (κ2) is 18.7. The average molecular weight is 602 g/mol. The van der Waals surface area contributed by atoms with Crippen LogP contribution in [0.4, 0.5) is 0 Å². The summed E-state index contributed by atoms with van der Waals surface area (Å²) in [6.07, 6.45) is 2.53. The lowest BCUT2D eigenvalue weighted by Gasteiger charge is -2.37. The fraction of sp³-hybridized carbons (Fsp3) is 0.706. The molecular weight excluding hydrogens is 542 g/mol. The van der Waals surface area contributed by atoms with Gasteiger partial charge in [-0.3, -0.25) is 19.2 Å². The molecule has 1 rings (SSSR count). The Morgan fingerprint density at radius 1 is 0.674 bits per heavy atom. The summed E-state index contributed by atoms with van der Waals surface area (Å²) < 4.78 is 0. The first-order valence-electron chi connectivity index (χ1n) is 16.0. The van der Waals surface area contributed by atoms with E-state index in [-0.39, 0.29) is 47.3 Å². The average Bonchev–Trinajstić information content (AvgIpc) is 2.92. The molecule has 0 spiro atoms. The van der Waals surface area contributed by atoms with Gasteiger partial charge < -0.3 is 26.2 Å². The largest absolute Gasteiger partial charge is 0.354 e. The highest BCUT2D eigenvalue weighted by Crippen LogP contribution is 2.20. The molecule has 0 aliphatic rings. The molecule has 1 aromatic carbocycles. The fourth-order valence-electron chi connectivity index (χ4n) is 5.23. The van der Waals surface area contributed by atoms with Gasteiger partial charge in [-0.15, -0.1) is 0 Å². The van der Waals surface area contributed by atoms with Crippen molar-refractivity contribution in [2.24, 2.45) is 29.4 Å². The third-order valence-corrected chi connectivity index (χ3v) is 7.55. The number of hydrogen-bond acceptors (Lipinski definition) is 5. The summed E-state index contributed by atoms with van der Waals surface area (Å²) in [6.45, 7) is 16.5. The van der Waals surface area contributed by atoms with Gasteiger partial charge in [0.15, 0.2) is 0 Å². The molecule has 9 nitrogen and oxygen atoms in total. The van der Waals surface area contributed by atoms with Crippen molar-refractivity contribution in [1.82, 2.24) is 20.4 Å². The van der Waals surface area contributed by atoms with E-state index >= 15 is 0 Å². The summed E-state index contributed by atoms with van der Waals surface area (Å²) in [7, 11) is 3.27. The van der Waals surface area contributed by atoms with E-state index in [1.165, 1.54) is 9.80 Å². The Kier molecular flexibility index (Phi) is 16.5. The van der Waals surface area contributed by atoms with Crippen molar-refractivity contribution in [3.8, 4) is 0 Å². The highest BCUT2D eigenvalue weighted by Gasteiger charge is 2.38. The summed E-state index contributed by atoms with van der Waals surface area (Å²) in [5.74, 6) is -0.557. The molecule has 0 saturated heterocycles. The van der Waals surface area contributed by atoms with Gasteiger partial charge in [0.1, 0.15) is 18.1 Å². The first-order chi connectivity index (χ1) is 20.0. The third kappa shape index (κ3) is 13.5. The van der Waals surface area contributed by atoms with Gasteiger partial charge >= 0.3 is 0 Å². The lowest BCUT2D eigenvalue weighted by atomic mass is 9.96. The molecular formula is C34H59N5O4. The number of carbonyl (C=O) groups is 4. The summed E-state index contributed by atoms with van der Waals surface area (Å²) in [5.41, 5.74) is 7.24. The lowest BCUT2D eigenvalue weighted by Crippen LogP contribution is -2.59. The first-order valence-corrected chi connectivity index (χ1v) is 16.0. The smallest absolute Gasteiger partial charge is 0.245 e.